The van der Waals surface area contributed by atoms with Crippen LogP contribution in [0.1, 0.15) is 39.5 Å². The van der Waals surface area contributed by atoms with Gasteiger partial charge in [-0.3, -0.25) is 4.79 Å². The van der Waals surface area contributed by atoms with E-state index in [1.165, 1.54) is 30.7 Å². The van der Waals surface area contributed by atoms with Crippen LogP contribution in [0.3, 0.4) is 0 Å². The molecular weight excluding hydrogens is 313 g/mol. The van der Waals surface area contributed by atoms with E-state index < -0.39 is 12.1 Å². The quantitative estimate of drug-likeness (QED) is 0.811. The normalized spacial score (nSPS) is 21.6. The van der Waals surface area contributed by atoms with Crippen LogP contribution < -0.4 is 10.1 Å². The first-order chi connectivity index (χ1) is 11.5. The van der Waals surface area contributed by atoms with Gasteiger partial charge >= 0.3 is 5.97 Å². The monoisotopic (exact) mass is 337 g/mol. The molecule has 2 rings (SSSR count). The van der Waals surface area contributed by atoms with Crippen LogP contribution in [0, 0.1) is 11.7 Å². The maximum atomic E-state index is 12.8. The molecule has 0 spiro atoms. The number of hydrogen-bond acceptors (Lipinski definition) is 4. The lowest BCUT2D eigenvalue weighted by Gasteiger charge is -2.30. The SMILES string of the molecule is C[C@@H](OC(=O)COc1ccc(F)cc1)C(=O)N[C@H]1CCCC[C@@H]1C. The molecule has 0 aliphatic heterocycles. The van der Waals surface area contributed by atoms with Crippen LogP contribution in [0.5, 0.6) is 5.75 Å². The number of rotatable bonds is 6. The molecule has 1 aromatic carbocycles. The predicted molar refractivity (Wildman–Crippen MR) is 87.0 cm³/mol. The molecule has 1 aliphatic rings. The van der Waals surface area contributed by atoms with Crippen molar-refractivity contribution >= 4 is 11.9 Å². The second-order valence-corrected chi connectivity index (χ2v) is 6.25. The highest BCUT2D eigenvalue weighted by molar-refractivity contribution is 5.83. The number of halogens is 1. The van der Waals surface area contributed by atoms with Crippen molar-refractivity contribution in [2.24, 2.45) is 5.92 Å². The minimum absolute atomic E-state index is 0.142. The van der Waals surface area contributed by atoms with E-state index in [2.05, 4.69) is 12.2 Å². The Bertz CT molecular complexity index is 561. The number of ether oxygens (including phenoxy) is 2. The minimum atomic E-state index is -0.872. The molecule has 1 aromatic rings. The molecule has 24 heavy (non-hydrogen) atoms. The van der Waals surface area contributed by atoms with E-state index in [9.17, 15) is 14.0 Å². The van der Waals surface area contributed by atoms with Gasteiger partial charge in [0.1, 0.15) is 11.6 Å². The van der Waals surface area contributed by atoms with Crippen molar-refractivity contribution in [1.29, 1.82) is 0 Å². The van der Waals surface area contributed by atoms with Gasteiger partial charge in [-0.15, -0.1) is 0 Å². The molecule has 1 aliphatic carbocycles. The van der Waals surface area contributed by atoms with E-state index in [4.69, 9.17) is 9.47 Å². The van der Waals surface area contributed by atoms with Gasteiger partial charge in [0.2, 0.25) is 0 Å². The third-order valence-corrected chi connectivity index (χ3v) is 4.29. The molecule has 1 saturated carbocycles. The van der Waals surface area contributed by atoms with E-state index in [0.717, 1.165) is 19.3 Å². The average Bonchev–Trinajstić information content (AvgIpc) is 2.56. The van der Waals surface area contributed by atoms with Gasteiger partial charge in [0.25, 0.3) is 5.91 Å². The number of benzene rings is 1. The van der Waals surface area contributed by atoms with Gasteiger partial charge in [-0.1, -0.05) is 19.8 Å². The van der Waals surface area contributed by atoms with E-state index >= 15 is 0 Å². The molecule has 3 atom stereocenters. The van der Waals surface area contributed by atoms with Crippen molar-refractivity contribution in [2.75, 3.05) is 6.61 Å². The summed E-state index contributed by atoms with van der Waals surface area (Å²) in [6.45, 7) is 3.33. The minimum Gasteiger partial charge on any atom is -0.482 e. The number of nitrogens with one attached hydrogen (secondary N) is 1. The van der Waals surface area contributed by atoms with Crippen LogP contribution >= 0.6 is 0 Å². The molecule has 5 nitrogen and oxygen atoms in total. The van der Waals surface area contributed by atoms with Gasteiger partial charge in [-0.05, 0) is 49.9 Å². The van der Waals surface area contributed by atoms with E-state index in [0.29, 0.717) is 11.7 Å². The largest absolute Gasteiger partial charge is 0.482 e. The van der Waals surface area contributed by atoms with Crippen molar-refractivity contribution in [3.8, 4) is 5.75 Å². The van der Waals surface area contributed by atoms with Gasteiger partial charge in [0.05, 0.1) is 0 Å². The molecular formula is C18H24FNO4. The summed E-state index contributed by atoms with van der Waals surface area (Å²) in [6, 6.07) is 5.46. The highest BCUT2D eigenvalue weighted by Gasteiger charge is 2.26. The Morgan fingerprint density at radius 1 is 1.25 bits per heavy atom. The van der Waals surface area contributed by atoms with Crippen LogP contribution in [0.25, 0.3) is 0 Å². The second-order valence-electron chi connectivity index (χ2n) is 6.25. The molecule has 132 valence electrons. The maximum Gasteiger partial charge on any atom is 0.344 e. The van der Waals surface area contributed by atoms with Crippen molar-refractivity contribution in [1.82, 2.24) is 5.32 Å². The summed E-state index contributed by atoms with van der Waals surface area (Å²) in [5.41, 5.74) is 0. The maximum absolute atomic E-state index is 12.8. The Kier molecular flexibility index (Phi) is 6.58. The summed E-state index contributed by atoms with van der Waals surface area (Å²) < 4.78 is 23.1. The van der Waals surface area contributed by atoms with Crippen LogP contribution in [0.4, 0.5) is 4.39 Å². The molecule has 0 radical (unpaired) electrons. The molecule has 0 unspecified atom stereocenters. The molecule has 0 bridgehead atoms. The Balaban J connectivity index is 1.73. The zero-order valence-electron chi connectivity index (χ0n) is 14.1. The van der Waals surface area contributed by atoms with E-state index in [-0.39, 0.29) is 24.4 Å². The van der Waals surface area contributed by atoms with Crippen molar-refractivity contribution in [3.63, 3.8) is 0 Å². The molecule has 6 heteroatoms. The molecule has 1 fully saturated rings. The van der Waals surface area contributed by atoms with Gasteiger partial charge in [0, 0.05) is 6.04 Å². The van der Waals surface area contributed by atoms with Crippen molar-refractivity contribution in [3.05, 3.63) is 30.1 Å². The summed E-state index contributed by atoms with van der Waals surface area (Å²) in [4.78, 5) is 23.9. The Hall–Kier alpha value is -2.11. The van der Waals surface area contributed by atoms with Crippen molar-refractivity contribution in [2.45, 2.75) is 51.7 Å². The number of esters is 1. The van der Waals surface area contributed by atoms with Crippen LogP contribution in [-0.4, -0.2) is 30.6 Å². The Morgan fingerprint density at radius 2 is 1.92 bits per heavy atom. The fraction of sp³-hybridized carbons (Fsp3) is 0.556. The predicted octanol–water partition coefficient (Wildman–Crippen LogP) is 2.83. The van der Waals surface area contributed by atoms with Crippen LogP contribution in [0.15, 0.2) is 24.3 Å². The lowest BCUT2D eigenvalue weighted by atomic mass is 9.86. The molecule has 1 amide bonds. The summed E-state index contributed by atoms with van der Waals surface area (Å²) >= 11 is 0. The first-order valence-electron chi connectivity index (χ1n) is 8.34. The number of carbonyl (C=O) groups excluding carboxylic acids is 2. The lowest BCUT2D eigenvalue weighted by molar-refractivity contribution is -0.157. The fourth-order valence-electron chi connectivity index (χ4n) is 2.79. The van der Waals surface area contributed by atoms with E-state index in [1.54, 1.807) is 6.92 Å². The number of hydrogen-bond donors (Lipinski definition) is 1. The zero-order valence-corrected chi connectivity index (χ0v) is 14.1. The smallest absolute Gasteiger partial charge is 0.344 e. The topological polar surface area (TPSA) is 64.6 Å². The summed E-state index contributed by atoms with van der Waals surface area (Å²) in [5.74, 6) is -0.511. The van der Waals surface area contributed by atoms with Crippen molar-refractivity contribution < 1.29 is 23.5 Å². The summed E-state index contributed by atoms with van der Waals surface area (Å²) in [5, 5.41) is 2.96. The standard InChI is InChI=1S/C18H24FNO4/c1-12-5-3-4-6-16(12)20-18(22)13(2)24-17(21)11-23-15-9-7-14(19)8-10-15/h7-10,12-13,16H,3-6,11H2,1-2H3,(H,20,22)/t12-,13+,16-/m0/s1. The summed E-state index contributed by atoms with van der Waals surface area (Å²) in [7, 11) is 0. The Morgan fingerprint density at radius 3 is 2.58 bits per heavy atom. The third-order valence-electron chi connectivity index (χ3n) is 4.29. The highest BCUT2D eigenvalue weighted by Crippen LogP contribution is 2.23. The van der Waals surface area contributed by atoms with Crippen LogP contribution in [0.2, 0.25) is 0 Å². The lowest BCUT2D eigenvalue weighted by Crippen LogP contribution is -2.46. The van der Waals surface area contributed by atoms with Gasteiger partial charge in [-0.2, -0.15) is 0 Å². The third kappa shape index (κ3) is 5.51. The Labute approximate surface area is 141 Å². The molecule has 0 saturated heterocycles. The van der Waals surface area contributed by atoms with Gasteiger partial charge in [-0.25, -0.2) is 9.18 Å². The highest BCUT2D eigenvalue weighted by atomic mass is 19.1. The first kappa shape index (κ1) is 18.2. The zero-order chi connectivity index (χ0) is 17.5. The van der Waals surface area contributed by atoms with Crippen LogP contribution in [-0.2, 0) is 14.3 Å². The van der Waals surface area contributed by atoms with Gasteiger partial charge in [0.15, 0.2) is 12.7 Å². The molecule has 0 heterocycles. The van der Waals surface area contributed by atoms with Gasteiger partial charge < -0.3 is 14.8 Å². The molecule has 1 N–H and O–H groups in total. The second kappa shape index (κ2) is 8.66. The molecule has 0 aromatic heterocycles. The van der Waals surface area contributed by atoms with E-state index in [1.807, 2.05) is 0 Å². The fourth-order valence-corrected chi connectivity index (χ4v) is 2.79. The average molecular weight is 337 g/mol. The number of amides is 1. The first-order valence-corrected chi connectivity index (χ1v) is 8.34. The number of carbonyl (C=O) groups is 2. The summed E-state index contributed by atoms with van der Waals surface area (Å²) in [6.07, 6.45) is 3.49.